The molecule has 1 atom stereocenters. The van der Waals surface area contributed by atoms with Crippen molar-refractivity contribution in [1.29, 1.82) is 0 Å². The van der Waals surface area contributed by atoms with E-state index in [1.54, 1.807) is 16.8 Å². The molecule has 0 saturated carbocycles. The Labute approximate surface area is 263 Å². The molecule has 6 aromatic rings. The normalized spacial score (nSPS) is 11.8. The van der Waals surface area contributed by atoms with E-state index >= 15 is 0 Å². The van der Waals surface area contributed by atoms with Crippen molar-refractivity contribution < 1.29 is 23.8 Å². The quantitative estimate of drug-likeness (QED) is 0.185. The molecule has 0 aliphatic carbocycles. The van der Waals surface area contributed by atoms with Gasteiger partial charge in [-0.2, -0.15) is 5.10 Å². The Morgan fingerprint density at radius 3 is 2.41 bits per heavy atom. The van der Waals surface area contributed by atoms with Gasteiger partial charge in [0.2, 0.25) is 0 Å². The summed E-state index contributed by atoms with van der Waals surface area (Å²) in [5, 5.41) is 23.4. The molecule has 0 aliphatic rings. The Bertz CT molecular complexity index is 2050. The van der Waals surface area contributed by atoms with Crippen molar-refractivity contribution in [2.24, 2.45) is 0 Å². The van der Waals surface area contributed by atoms with Crippen molar-refractivity contribution >= 4 is 34.1 Å². The molecule has 6 rings (SSSR count). The van der Waals surface area contributed by atoms with Crippen LogP contribution in [0.1, 0.15) is 30.7 Å². The minimum Gasteiger partial charge on any atom is -0.508 e. The zero-order valence-electron chi connectivity index (χ0n) is 25.5. The minimum atomic E-state index is -0.639. The molecule has 0 spiro atoms. The van der Waals surface area contributed by atoms with Crippen LogP contribution < -0.4 is 11.4 Å². The van der Waals surface area contributed by atoms with Crippen molar-refractivity contribution in [2.45, 2.75) is 25.8 Å². The summed E-state index contributed by atoms with van der Waals surface area (Å²) in [5.41, 5.74) is 9.64. The summed E-state index contributed by atoms with van der Waals surface area (Å²) in [7, 11) is 4.13. The number of carbonyl (C=O) groups is 1. The molecule has 3 aromatic carbocycles. The van der Waals surface area contributed by atoms with Crippen molar-refractivity contribution in [3.63, 3.8) is 0 Å². The maximum absolute atomic E-state index is 14.3. The second kappa shape index (κ2) is 13.6. The maximum atomic E-state index is 14.3. The van der Waals surface area contributed by atoms with E-state index in [4.69, 9.17) is 25.2 Å². The van der Waals surface area contributed by atoms with Gasteiger partial charge < -0.3 is 25.3 Å². The number of carboxylic acid groups (broad SMARTS) is 1. The molecule has 0 aliphatic heterocycles. The molecule has 0 fully saturated rings. The van der Waals surface area contributed by atoms with E-state index in [0.29, 0.717) is 33.4 Å². The number of aromatic nitrogens is 4. The monoisotopic (exact) mass is 624 g/mol. The smallest absolute Gasteiger partial charge is 0.343 e. The predicted molar refractivity (Wildman–Crippen MR) is 174 cm³/mol. The molecule has 4 N–H and O–H groups in total. The Balaban J connectivity index is 0.00000134. The van der Waals surface area contributed by atoms with Gasteiger partial charge in [0.15, 0.2) is 5.65 Å². The lowest BCUT2D eigenvalue weighted by Gasteiger charge is -2.18. The van der Waals surface area contributed by atoms with Gasteiger partial charge in [-0.05, 0) is 69.7 Å². The molecule has 0 saturated heterocycles. The number of fused-ring (bicyclic) bond motifs is 2. The topological polar surface area (TPSA) is 161 Å². The lowest BCUT2D eigenvalue weighted by molar-refractivity contribution is -0.122. The number of phenols is 1. The van der Waals surface area contributed by atoms with Crippen molar-refractivity contribution in [3.8, 4) is 28.1 Å². The highest BCUT2D eigenvalue weighted by Crippen LogP contribution is 2.39. The van der Waals surface area contributed by atoms with Gasteiger partial charge in [-0.1, -0.05) is 42.5 Å². The third-order valence-corrected chi connectivity index (χ3v) is 7.60. The van der Waals surface area contributed by atoms with Crippen LogP contribution in [0.5, 0.6) is 5.75 Å². The molecule has 1 unspecified atom stereocenters. The van der Waals surface area contributed by atoms with Gasteiger partial charge in [-0.15, -0.1) is 0 Å². The van der Waals surface area contributed by atoms with Crippen LogP contribution in [0.2, 0.25) is 0 Å². The molecule has 3 heterocycles. The SMILES string of the molecule is CC(c1oc(=O)c2ccccc2c1-c1ccc(CCCN(C)C)cc1)n1nc(-c2cc(O)cc(F)c2)c2c(N)ncnc21.O=CO. The number of aromatic hydroxyl groups is 1. The van der Waals surface area contributed by atoms with Crippen molar-refractivity contribution in [3.05, 3.63) is 101 Å². The number of benzene rings is 3. The number of rotatable bonds is 8. The average molecular weight is 625 g/mol. The molecule has 11 nitrogen and oxygen atoms in total. The Morgan fingerprint density at radius 2 is 1.74 bits per heavy atom. The number of aryl methyl sites for hydroxylation is 1. The minimum absolute atomic E-state index is 0.146. The summed E-state index contributed by atoms with van der Waals surface area (Å²) < 4.78 is 21.9. The van der Waals surface area contributed by atoms with E-state index in [1.807, 2.05) is 31.2 Å². The summed E-state index contributed by atoms with van der Waals surface area (Å²) in [6.45, 7) is 2.60. The molecule has 0 bridgehead atoms. The Hall–Kier alpha value is -5.62. The average Bonchev–Trinajstić information content (AvgIpc) is 3.42. The van der Waals surface area contributed by atoms with E-state index in [-0.39, 0.29) is 18.0 Å². The first-order chi connectivity index (χ1) is 22.1. The third-order valence-electron chi connectivity index (χ3n) is 7.60. The fourth-order valence-corrected chi connectivity index (χ4v) is 5.54. The van der Waals surface area contributed by atoms with E-state index < -0.39 is 17.5 Å². The molecule has 0 radical (unpaired) electrons. The van der Waals surface area contributed by atoms with Crippen LogP contribution in [0.25, 0.3) is 44.2 Å². The molecule has 46 heavy (non-hydrogen) atoms. The zero-order valence-corrected chi connectivity index (χ0v) is 25.5. The van der Waals surface area contributed by atoms with Crippen LogP contribution in [0, 0.1) is 5.82 Å². The number of nitrogens with two attached hydrogens (primary N) is 1. The highest BCUT2D eigenvalue weighted by atomic mass is 19.1. The van der Waals surface area contributed by atoms with Crippen LogP contribution in [0.3, 0.4) is 0 Å². The van der Waals surface area contributed by atoms with Crippen molar-refractivity contribution in [1.82, 2.24) is 24.6 Å². The standard InChI is InChI=1S/C33H31FN6O3.CH2O2/c1-19(40-32-28(31(35)36-18-37-32)29(38-40)22-15-23(34)17-24(41)16-22)30-27(25-8-4-5-9-26(25)33(42)43-30)21-12-10-20(11-13-21)7-6-14-39(2)3;2-1-3/h4-5,8-13,15-19,41H,6-7,14H2,1-3H3,(H2,35,36,37);1H,(H,2,3). The van der Waals surface area contributed by atoms with Gasteiger partial charge >= 0.3 is 5.63 Å². The molecule has 236 valence electrons. The number of hydrogen-bond acceptors (Lipinski definition) is 9. The molecular weight excluding hydrogens is 591 g/mol. The summed E-state index contributed by atoms with van der Waals surface area (Å²) in [6, 6.07) is 18.7. The molecule has 0 amide bonds. The van der Waals surface area contributed by atoms with E-state index in [9.17, 15) is 14.3 Å². The number of nitrogen functional groups attached to an aromatic ring is 1. The van der Waals surface area contributed by atoms with E-state index in [1.165, 1.54) is 24.0 Å². The number of halogens is 1. The van der Waals surface area contributed by atoms with Gasteiger partial charge in [0.05, 0.1) is 10.8 Å². The van der Waals surface area contributed by atoms with Crippen LogP contribution >= 0.6 is 0 Å². The second-order valence-corrected chi connectivity index (χ2v) is 11.0. The summed E-state index contributed by atoms with van der Waals surface area (Å²) in [4.78, 5) is 32.4. The first-order valence-corrected chi connectivity index (χ1v) is 14.5. The number of phenolic OH excluding ortho intramolecular Hbond substituents is 1. The van der Waals surface area contributed by atoms with Crippen molar-refractivity contribution in [2.75, 3.05) is 26.4 Å². The number of anilines is 1. The van der Waals surface area contributed by atoms with Gasteiger partial charge in [0.25, 0.3) is 6.47 Å². The fraction of sp³-hybridized carbons (Fsp3) is 0.206. The summed E-state index contributed by atoms with van der Waals surface area (Å²) >= 11 is 0. The van der Waals surface area contributed by atoms with Gasteiger partial charge in [-0.25, -0.2) is 23.8 Å². The predicted octanol–water partition coefficient (Wildman–Crippen LogP) is 5.50. The van der Waals surface area contributed by atoms with Crippen LogP contribution in [0.4, 0.5) is 10.2 Å². The number of hydrogen-bond donors (Lipinski definition) is 3. The van der Waals surface area contributed by atoms with Crippen LogP contribution in [-0.4, -0.2) is 62.0 Å². The lowest BCUT2D eigenvalue weighted by Crippen LogP contribution is -2.14. The molecule has 12 heteroatoms. The maximum Gasteiger partial charge on any atom is 0.343 e. The van der Waals surface area contributed by atoms with E-state index in [0.717, 1.165) is 42.0 Å². The highest BCUT2D eigenvalue weighted by molar-refractivity contribution is 5.99. The first kappa shape index (κ1) is 31.8. The first-order valence-electron chi connectivity index (χ1n) is 14.5. The summed E-state index contributed by atoms with van der Waals surface area (Å²) in [6.07, 6.45) is 3.31. The van der Waals surface area contributed by atoms with Gasteiger partial charge in [-0.3, -0.25) is 4.79 Å². The van der Waals surface area contributed by atoms with Gasteiger partial charge in [0.1, 0.15) is 41.2 Å². The van der Waals surface area contributed by atoms with Crippen LogP contribution in [-0.2, 0) is 11.2 Å². The Morgan fingerprint density at radius 1 is 1.04 bits per heavy atom. The fourth-order valence-electron chi connectivity index (χ4n) is 5.54. The van der Waals surface area contributed by atoms with Gasteiger partial charge in [0, 0.05) is 22.6 Å². The number of nitrogens with zero attached hydrogens (tertiary/aromatic N) is 5. The largest absolute Gasteiger partial charge is 0.508 e. The van der Waals surface area contributed by atoms with Crippen LogP contribution in [0.15, 0.2) is 82.3 Å². The van der Waals surface area contributed by atoms with E-state index in [2.05, 4.69) is 41.1 Å². The highest BCUT2D eigenvalue weighted by Gasteiger charge is 2.27. The Kier molecular flexibility index (Phi) is 9.38. The lowest BCUT2D eigenvalue weighted by atomic mass is 9.94. The second-order valence-electron chi connectivity index (χ2n) is 11.0. The third kappa shape index (κ3) is 6.42. The molecular formula is C34H33FN6O5. The molecule has 3 aromatic heterocycles. The zero-order chi connectivity index (χ0) is 33.0. The summed E-state index contributed by atoms with van der Waals surface area (Å²) in [5.74, 6) is -0.352.